The van der Waals surface area contributed by atoms with E-state index in [1.165, 1.54) is 45.2 Å². The molecule has 0 aromatic rings. The van der Waals surface area contributed by atoms with Crippen molar-refractivity contribution in [2.45, 2.75) is 59.8 Å². The fourth-order valence-corrected chi connectivity index (χ4v) is 4.39. The lowest BCUT2D eigenvalue weighted by Crippen LogP contribution is -2.42. The molecular formula is C17H33N. The summed E-state index contributed by atoms with van der Waals surface area (Å²) >= 11 is 0. The Balaban J connectivity index is 1.75. The normalized spacial score (nSPS) is 40.8. The van der Waals surface area contributed by atoms with Gasteiger partial charge in [-0.25, -0.2) is 0 Å². The van der Waals surface area contributed by atoms with Crippen molar-refractivity contribution in [2.75, 3.05) is 13.1 Å². The van der Waals surface area contributed by atoms with Crippen molar-refractivity contribution in [3.8, 4) is 0 Å². The summed E-state index contributed by atoms with van der Waals surface area (Å²) < 4.78 is 0. The molecule has 0 saturated heterocycles. The average molecular weight is 251 g/mol. The molecule has 0 aromatic heterocycles. The third-order valence-corrected chi connectivity index (χ3v) is 5.26. The topological polar surface area (TPSA) is 12.0 Å². The molecule has 1 N–H and O–H groups in total. The van der Waals surface area contributed by atoms with Crippen LogP contribution in [0.25, 0.3) is 0 Å². The van der Waals surface area contributed by atoms with E-state index in [0.717, 1.165) is 35.5 Å². The number of hydrogen-bond donors (Lipinski definition) is 1. The molecular weight excluding hydrogens is 218 g/mol. The van der Waals surface area contributed by atoms with Gasteiger partial charge in [0.1, 0.15) is 0 Å². The smallest absolute Gasteiger partial charge is 0.00177 e. The van der Waals surface area contributed by atoms with E-state index in [1.54, 1.807) is 0 Å². The number of nitrogens with one attached hydrogen (secondary N) is 1. The highest BCUT2D eigenvalue weighted by Gasteiger charge is 2.39. The molecule has 106 valence electrons. The summed E-state index contributed by atoms with van der Waals surface area (Å²) in [5.41, 5.74) is 0. The zero-order chi connectivity index (χ0) is 13.1. The molecule has 4 atom stereocenters. The minimum absolute atomic E-state index is 0.790. The Labute approximate surface area is 114 Å². The average Bonchev–Trinajstić information content (AvgIpc) is 2.20. The van der Waals surface area contributed by atoms with Gasteiger partial charge in [0.25, 0.3) is 0 Å². The third kappa shape index (κ3) is 3.73. The van der Waals surface area contributed by atoms with Gasteiger partial charge in [-0.2, -0.15) is 0 Å². The third-order valence-electron chi connectivity index (χ3n) is 5.26. The van der Waals surface area contributed by atoms with Crippen molar-refractivity contribution in [3.63, 3.8) is 0 Å². The number of rotatable bonds is 5. The Hall–Kier alpha value is -0.0400. The lowest BCUT2D eigenvalue weighted by atomic mass is 9.60. The Bertz CT molecular complexity index is 238. The van der Waals surface area contributed by atoms with Crippen LogP contribution in [-0.2, 0) is 0 Å². The minimum Gasteiger partial charge on any atom is -0.316 e. The van der Waals surface area contributed by atoms with Gasteiger partial charge in [-0.1, -0.05) is 27.7 Å². The summed E-state index contributed by atoms with van der Waals surface area (Å²) in [6.45, 7) is 12.0. The van der Waals surface area contributed by atoms with Gasteiger partial charge in [0.2, 0.25) is 0 Å². The molecule has 0 amide bonds. The number of hydrogen-bond acceptors (Lipinski definition) is 1. The monoisotopic (exact) mass is 251 g/mol. The van der Waals surface area contributed by atoms with Crippen molar-refractivity contribution in [1.29, 1.82) is 0 Å². The molecule has 0 aliphatic heterocycles. The highest BCUT2D eigenvalue weighted by molar-refractivity contribution is 4.90. The lowest BCUT2D eigenvalue weighted by molar-refractivity contribution is 0.0495. The van der Waals surface area contributed by atoms with Gasteiger partial charge in [-0.05, 0) is 80.7 Å². The predicted octanol–water partition coefficient (Wildman–Crippen LogP) is 4.33. The second-order valence-electron chi connectivity index (χ2n) is 7.73. The molecule has 2 aliphatic rings. The van der Waals surface area contributed by atoms with Crippen LogP contribution < -0.4 is 5.32 Å². The summed E-state index contributed by atoms with van der Waals surface area (Å²) in [4.78, 5) is 0. The maximum Gasteiger partial charge on any atom is -0.00177 e. The molecule has 0 heterocycles. The van der Waals surface area contributed by atoms with Crippen LogP contribution in [0.15, 0.2) is 0 Å². The summed E-state index contributed by atoms with van der Waals surface area (Å²) in [5.74, 6) is 5.83. The molecule has 2 fully saturated rings. The van der Waals surface area contributed by atoms with Gasteiger partial charge < -0.3 is 5.32 Å². The highest BCUT2D eigenvalue weighted by atomic mass is 14.9. The standard InChI is InChI=1S/C17H33N/c1-12(2)10-18-11-15-5-6-17(15)16-8-13(3)7-14(4)9-16/h12-18H,5-11H2,1-4H3. The molecule has 2 saturated carbocycles. The van der Waals surface area contributed by atoms with Gasteiger partial charge >= 0.3 is 0 Å². The van der Waals surface area contributed by atoms with Crippen LogP contribution in [0.4, 0.5) is 0 Å². The first-order valence-electron chi connectivity index (χ1n) is 8.27. The Morgan fingerprint density at radius 2 is 1.67 bits per heavy atom. The summed E-state index contributed by atoms with van der Waals surface area (Å²) in [5, 5.41) is 3.68. The maximum atomic E-state index is 3.68. The first kappa shape index (κ1) is 14.4. The highest BCUT2D eigenvalue weighted by Crippen LogP contribution is 2.47. The molecule has 0 aromatic carbocycles. The largest absolute Gasteiger partial charge is 0.316 e. The van der Waals surface area contributed by atoms with Gasteiger partial charge in [-0.3, -0.25) is 0 Å². The Morgan fingerprint density at radius 1 is 1.00 bits per heavy atom. The van der Waals surface area contributed by atoms with Crippen molar-refractivity contribution >= 4 is 0 Å². The van der Waals surface area contributed by atoms with Crippen molar-refractivity contribution in [3.05, 3.63) is 0 Å². The van der Waals surface area contributed by atoms with E-state index in [2.05, 4.69) is 33.0 Å². The van der Waals surface area contributed by atoms with Gasteiger partial charge in [-0.15, -0.1) is 0 Å². The molecule has 4 unspecified atom stereocenters. The Morgan fingerprint density at radius 3 is 2.17 bits per heavy atom. The second-order valence-corrected chi connectivity index (χ2v) is 7.73. The van der Waals surface area contributed by atoms with E-state index < -0.39 is 0 Å². The molecule has 18 heavy (non-hydrogen) atoms. The van der Waals surface area contributed by atoms with Gasteiger partial charge in [0.05, 0.1) is 0 Å². The van der Waals surface area contributed by atoms with E-state index in [0.29, 0.717) is 0 Å². The molecule has 1 heteroatoms. The SMILES string of the molecule is CC(C)CNCC1CCC1C1CC(C)CC(C)C1. The van der Waals surface area contributed by atoms with Gasteiger partial charge in [0.15, 0.2) is 0 Å². The van der Waals surface area contributed by atoms with Crippen LogP contribution >= 0.6 is 0 Å². The fourth-order valence-electron chi connectivity index (χ4n) is 4.39. The zero-order valence-corrected chi connectivity index (χ0v) is 12.9. The van der Waals surface area contributed by atoms with Crippen LogP contribution in [0.5, 0.6) is 0 Å². The summed E-state index contributed by atoms with van der Waals surface area (Å²) in [6.07, 6.45) is 7.48. The predicted molar refractivity (Wildman–Crippen MR) is 79.6 cm³/mol. The van der Waals surface area contributed by atoms with Crippen LogP contribution in [0.3, 0.4) is 0 Å². The van der Waals surface area contributed by atoms with Crippen molar-refractivity contribution in [1.82, 2.24) is 5.32 Å². The van der Waals surface area contributed by atoms with E-state index >= 15 is 0 Å². The summed E-state index contributed by atoms with van der Waals surface area (Å²) in [6, 6.07) is 0. The molecule has 2 aliphatic carbocycles. The van der Waals surface area contributed by atoms with E-state index in [1.807, 2.05) is 0 Å². The zero-order valence-electron chi connectivity index (χ0n) is 12.9. The first-order chi connectivity index (χ1) is 8.56. The first-order valence-corrected chi connectivity index (χ1v) is 8.27. The summed E-state index contributed by atoms with van der Waals surface area (Å²) in [7, 11) is 0. The van der Waals surface area contributed by atoms with E-state index in [4.69, 9.17) is 0 Å². The molecule has 1 nitrogen and oxygen atoms in total. The van der Waals surface area contributed by atoms with Crippen molar-refractivity contribution in [2.24, 2.45) is 35.5 Å². The van der Waals surface area contributed by atoms with Crippen LogP contribution in [0, 0.1) is 35.5 Å². The molecule has 0 spiro atoms. The lowest BCUT2D eigenvalue weighted by Gasteiger charge is -2.46. The van der Waals surface area contributed by atoms with Crippen LogP contribution in [0.2, 0.25) is 0 Å². The fraction of sp³-hybridized carbons (Fsp3) is 1.00. The second kappa shape index (κ2) is 6.41. The molecule has 0 radical (unpaired) electrons. The minimum atomic E-state index is 0.790. The quantitative estimate of drug-likeness (QED) is 0.767. The molecule has 2 rings (SSSR count). The maximum absolute atomic E-state index is 3.68. The van der Waals surface area contributed by atoms with Crippen LogP contribution in [0.1, 0.15) is 59.8 Å². The van der Waals surface area contributed by atoms with Gasteiger partial charge in [0, 0.05) is 0 Å². The molecule has 0 bridgehead atoms. The van der Waals surface area contributed by atoms with E-state index in [9.17, 15) is 0 Å². The van der Waals surface area contributed by atoms with Crippen molar-refractivity contribution < 1.29 is 0 Å². The Kier molecular flexibility index (Phi) is 5.12. The van der Waals surface area contributed by atoms with E-state index in [-0.39, 0.29) is 0 Å². The van der Waals surface area contributed by atoms with Crippen LogP contribution in [-0.4, -0.2) is 13.1 Å².